The molecule has 0 aromatic heterocycles. The van der Waals surface area contributed by atoms with Crippen LogP contribution in [0.2, 0.25) is 5.02 Å². The van der Waals surface area contributed by atoms with Gasteiger partial charge in [-0.3, -0.25) is 9.59 Å². The number of nitrogens with one attached hydrogen (secondary N) is 1. The molecule has 134 valence electrons. The van der Waals surface area contributed by atoms with E-state index in [1.807, 2.05) is 6.92 Å². The maximum atomic E-state index is 13.2. The largest absolute Gasteiger partial charge is 0.418 e. The summed E-state index contributed by atoms with van der Waals surface area (Å²) < 4.78 is 39.5. The van der Waals surface area contributed by atoms with Gasteiger partial charge in [0.05, 0.1) is 11.3 Å². The van der Waals surface area contributed by atoms with Crippen molar-refractivity contribution in [2.24, 2.45) is 0 Å². The summed E-state index contributed by atoms with van der Waals surface area (Å²) in [7, 11) is 0. The molecule has 0 aliphatic carbocycles. The van der Waals surface area contributed by atoms with Gasteiger partial charge in [-0.1, -0.05) is 31.4 Å². The number of carbonyl (C=O) groups excluding carboxylic acids is 2. The second-order valence-electron chi connectivity index (χ2n) is 5.32. The van der Waals surface area contributed by atoms with Gasteiger partial charge in [0.25, 0.3) is 0 Å². The van der Waals surface area contributed by atoms with Crippen LogP contribution in [0.1, 0.15) is 38.7 Å². The lowest BCUT2D eigenvalue weighted by atomic mass is 10.1. The Morgan fingerprint density at radius 1 is 1.25 bits per heavy atom. The minimum absolute atomic E-state index is 0.0985. The van der Waals surface area contributed by atoms with Crippen molar-refractivity contribution >= 4 is 29.1 Å². The highest BCUT2D eigenvalue weighted by Gasteiger charge is 2.36. The maximum absolute atomic E-state index is 13.2. The molecule has 2 amide bonds. The molecule has 1 N–H and O–H groups in total. The van der Waals surface area contributed by atoms with Crippen molar-refractivity contribution in [3.05, 3.63) is 28.8 Å². The highest BCUT2D eigenvalue weighted by molar-refractivity contribution is 6.30. The molecule has 0 unspecified atom stereocenters. The molecule has 0 heterocycles. The third-order valence-electron chi connectivity index (χ3n) is 3.34. The average molecular weight is 365 g/mol. The summed E-state index contributed by atoms with van der Waals surface area (Å²) in [6, 6.07) is 3.09. The SMILES string of the molecule is CCCCCNC(=O)CN(C(C)=O)c1ccc(Cl)cc1C(F)(F)F. The topological polar surface area (TPSA) is 49.4 Å². The Hall–Kier alpha value is -1.76. The molecule has 1 rings (SSSR count). The van der Waals surface area contributed by atoms with Crippen LogP contribution in [0, 0.1) is 0 Å². The first-order valence-electron chi connectivity index (χ1n) is 7.58. The number of hydrogen-bond acceptors (Lipinski definition) is 2. The molecule has 0 fully saturated rings. The van der Waals surface area contributed by atoms with Gasteiger partial charge in [0, 0.05) is 18.5 Å². The normalized spacial score (nSPS) is 11.2. The molecule has 0 atom stereocenters. The molecule has 0 spiro atoms. The number of unbranched alkanes of at least 4 members (excludes halogenated alkanes) is 2. The van der Waals surface area contributed by atoms with Crippen molar-refractivity contribution in [3.63, 3.8) is 0 Å². The fourth-order valence-electron chi connectivity index (χ4n) is 2.14. The minimum Gasteiger partial charge on any atom is -0.355 e. The number of nitrogens with zero attached hydrogens (tertiary/aromatic N) is 1. The highest BCUT2D eigenvalue weighted by Crippen LogP contribution is 2.38. The van der Waals surface area contributed by atoms with Crippen LogP contribution in [0.3, 0.4) is 0 Å². The molecule has 1 aromatic rings. The Balaban J connectivity index is 2.97. The molecular weight excluding hydrogens is 345 g/mol. The fraction of sp³-hybridized carbons (Fsp3) is 0.500. The molecule has 0 saturated carbocycles. The first kappa shape index (κ1) is 20.3. The van der Waals surface area contributed by atoms with Crippen LogP contribution in [-0.2, 0) is 15.8 Å². The summed E-state index contributed by atoms with van der Waals surface area (Å²) >= 11 is 5.63. The standard InChI is InChI=1S/C16H20ClF3N2O2/c1-3-4-5-8-21-15(24)10-22(11(2)23)14-7-6-12(17)9-13(14)16(18,19)20/h6-7,9H,3-5,8,10H2,1-2H3,(H,21,24). The molecule has 0 bridgehead atoms. The van der Waals surface area contributed by atoms with E-state index >= 15 is 0 Å². The average Bonchev–Trinajstić information content (AvgIpc) is 2.48. The van der Waals surface area contributed by atoms with Crippen LogP contribution in [0.25, 0.3) is 0 Å². The number of halogens is 4. The summed E-state index contributed by atoms with van der Waals surface area (Å²) in [5, 5.41) is 2.50. The zero-order chi connectivity index (χ0) is 18.3. The highest BCUT2D eigenvalue weighted by atomic mass is 35.5. The molecule has 0 aliphatic rings. The van der Waals surface area contributed by atoms with E-state index in [0.717, 1.165) is 43.2 Å². The third-order valence-corrected chi connectivity index (χ3v) is 3.57. The van der Waals surface area contributed by atoms with E-state index < -0.39 is 30.1 Å². The lowest BCUT2D eigenvalue weighted by Gasteiger charge is -2.24. The van der Waals surface area contributed by atoms with Gasteiger partial charge in [-0.15, -0.1) is 0 Å². The summed E-state index contributed by atoms with van der Waals surface area (Å²) in [5.74, 6) is -1.17. The van der Waals surface area contributed by atoms with Crippen molar-refractivity contribution < 1.29 is 22.8 Å². The van der Waals surface area contributed by atoms with Gasteiger partial charge in [0.1, 0.15) is 6.54 Å². The fourth-order valence-corrected chi connectivity index (χ4v) is 2.31. The Morgan fingerprint density at radius 2 is 1.92 bits per heavy atom. The number of benzene rings is 1. The van der Waals surface area contributed by atoms with Gasteiger partial charge in [-0.2, -0.15) is 13.2 Å². The lowest BCUT2D eigenvalue weighted by molar-refractivity contribution is -0.137. The van der Waals surface area contributed by atoms with Crippen molar-refractivity contribution in [2.75, 3.05) is 18.0 Å². The van der Waals surface area contributed by atoms with Gasteiger partial charge >= 0.3 is 6.18 Å². The Labute approximate surface area is 144 Å². The van der Waals surface area contributed by atoms with Crippen LogP contribution in [0.15, 0.2) is 18.2 Å². The zero-order valence-electron chi connectivity index (χ0n) is 13.5. The number of rotatable bonds is 7. The zero-order valence-corrected chi connectivity index (χ0v) is 14.3. The smallest absolute Gasteiger partial charge is 0.355 e. The summed E-state index contributed by atoms with van der Waals surface area (Å²) in [5.41, 5.74) is -1.44. The lowest BCUT2D eigenvalue weighted by Crippen LogP contribution is -2.41. The summed E-state index contributed by atoms with van der Waals surface area (Å²) in [6.45, 7) is 3.06. The van der Waals surface area contributed by atoms with E-state index in [1.165, 1.54) is 6.07 Å². The van der Waals surface area contributed by atoms with Crippen molar-refractivity contribution in [2.45, 2.75) is 39.3 Å². The van der Waals surface area contributed by atoms with Crippen molar-refractivity contribution in [1.29, 1.82) is 0 Å². The quantitative estimate of drug-likeness (QED) is 0.743. The van der Waals surface area contributed by atoms with E-state index in [-0.39, 0.29) is 10.7 Å². The predicted octanol–water partition coefficient (Wildman–Crippen LogP) is 4.02. The molecule has 1 aromatic carbocycles. The first-order valence-corrected chi connectivity index (χ1v) is 7.96. The number of anilines is 1. The second-order valence-corrected chi connectivity index (χ2v) is 5.76. The molecule has 0 radical (unpaired) electrons. The minimum atomic E-state index is -4.69. The Bertz CT molecular complexity index is 591. The van der Waals surface area contributed by atoms with Gasteiger partial charge in [-0.05, 0) is 24.6 Å². The number of carbonyl (C=O) groups is 2. The summed E-state index contributed by atoms with van der Waals surface area (Å²) in [4.78, 5) is 24.5. The summed E-state index contributed by atoms with van der Waals surface area (Å²) in [6.07, 6.45) is -2.00. The van der Waals surface area contributed by atoms with E-state index in [1.54, 1.807) is 0 Å². The first-order chi connectivity index (χ1) is 11.2. The predicted molar refractivity (Wildman–Crippen MR) is 87.0 cm³/mol. The number of hydrogen-bond donors (Lipinski definition) is 1. The van der Waals surface area contributed by atoms with Gasteiger partial charge < -0.3 is 10.2 Å². The Morgan fingerprint density at radius 3 is 2.46 bits per heavy atom. The molecule has 0 aliphatic heterocycles. The van der Waals surface area contributed by atoms with Crippen LogP contribution in [0.4, 0.5) is 18.9 Å². The molecule has 24 heavy (non-hydrogen) atoms. The van der Waals surface area contributed by atoms with Crippen molar-refractivity contribution in [3.8, 4) is 0 Å². The van der Waals surface area contributed by atoms with E-state index in [9.17, 15) is 22.8 Å². The molecule has 8 heteroatoms. The molecular formula is C16H20ClF3N2O2. The molecule has 4 nitrogen and oxygen atoms in total. The van der Waals surface area contributed by atoms with Crippen molar-refractivity contribution in [1.82, 2.24) is 5.32 Å². The number of amides is 2. The second kappa shape index (κ2) is 8.92. The van der Waals surface area contributed by atoms with Crippen LogP contribution < -0.4 is 10.2 Å². The van der Waals surface area contributed by atoms with Gasteiger partial charge in [0.15, 0.2) is 0 Å². The van der Waals surface area contributed by atoms with Gasteiger partial charge in [0.2, 0.25) is 11.8 Å². The molecule has 0 saturated heterocycles. The monoisotopic (exact) mass is 364 g/mol. The van der Waals surface area contributed by atoms with E-state index in [2.05, 4.69) is 5.32 Å². The van der Waals surface area contributed by atoms with Crippen LogP contribution >= 0.6 is 11.6 Å². The number of alkyl halides is 3. The van der Waals surface area contributed by atoms with E-state index in [0.29, 0.717) is 6.54 Å². The Kier molecular flexibility index (Phi) is 7.54. The third kappa shape index (κ3) is 6.03. The van der Waals surface area contributed by atoms with Gasteiger partial charge in [-0.25, -0.2) is 0 Å². The maximum Gasteiger partial charge on any atom is 0.418 e. The van der Waals surface area contributed by atoms with Crippen LogP contribution in [0.5, 0.6) is 0 Å². The van der Waals surface area contributed by atoms with Crippen LogP contribution in [-0.4, -0.2) is 24.9 Å². The van der Waals surface area contributed by atoms with E-state index in [4.69, 9.17) is 11.6 Å².